The van der Waals surface area contributed by atoms with Crippen molar-refractivity contribution >= 4 is 30.3 Å². The SMILES string of the molecule is CN(C)C(=O)c1ccc(OC/C(=C\F)CN)cc1.CN(C)C(=O)c1ccc(OC/C(=C\F)CNC(=O)OC(C)(C)C)cc1.Cl. The summed E-state index contributed by atoms with van der Waals surface area (Å²) in [6.45, 7) is 5.39. The van der Waals surface area contributed by atoms with Gasteiger partial charge in [0.15, 0.2) is 0 Å². The highest BCUT2D eigenvalue weighted by Gasteiger charge is 2.16. The molecule has 244 valence electrons. The average Bonchev–Trinajstić information content (AvgIpc) is 2.97. The van der Waals surface area contributed by atoms with Crippen LogP contribution in [0.2, 0.25) is 0 Å². The monoisotopic (exact) mass is 640 g/mol. The van der Waals surface area contributed by atoms with Crippen LogP contribution >= 0.6 is 12.4 Å². The van der Waals surface area contributed by atoms with E-state index < -0.39 is 11.7 Å². The molecule has 0 spiro atoms. The highest BCUT2D eigenvalue weighted by Crippen LogP contribution is 2.15. The van der Waals surface area contributed by atoms with Crippen molar-refractivity contribution in [1.29, 1.82) is 0 Å². The van der Waals surface area contributed by atoms with E-state index >= 15 is 0 Å². The van der Waals surface area contributed by atoms with Crippen LogP contribution in [0.3, 0.4) is 0 Å². The summed E-state index contributed by atoms with van der Waals surface area (Å²) in [5, 5.41) is 2.46. The summed E-state index contributed by atoms with van der Waals surface area (Å²) in [6.07, 6.45) is 0.212. The van der Waals surface area contributed by atoms with E-state index in [1.54, 1.807) is 97.5 Å². The molecule has 0 radical (unpaired) electrons. The van der Waals surface area contributed by atoms with Crippen LogP contribution in [0.1, 0.15) is 41.5 Å². The summed E-state index contributed by atoms with van der Waals surface area (Å²) in [7, 11) is 6.71. The van der Waals surface area contributed by atoms with Crippen molar-refractivity contribution < 1.29 is 37.4 Å². The van der Waals surface area contributed by atoms with Crippen LogP contribution in [0, 0.1) is 0 Å². The van der Waals surface area contributed by atoms with Crippen molar-refractivity contribution in [3.63, 3.8) is 0 Å². The first-order valence-corrected chi connectivity index (χ1v) is 13.3. The summed E-state index contributed by atoms with van der Waals surface area (Å²) in [6, 6.07) is 13.2. The van der Waals surface area contributed by atoms with Gasteiger partial charge in [0.25, 0.3) is 11.8 Å². The average molecular weight is 641 g/mol. The Morgan fingerprint density at radius 1 is 0.773 bits per heavy atom. The van der Waals surface area contributed by atoms with Crippen molar-refractivity contribution in [2.75, 3.05) is 54.5 Å². The molecule has 0 bridgehead atoms. The molecule has 44 heavy (non-hydrogen) atoms. The fourth-order valence-corrected chi connectivity index (χ4v) is 3.01. The number of carbonyl (C=O) groups is 3. The Labute approximate surface area is 264 Å². The molecule has 10 nitrogen and oxygen atoms in total. The topological polar surface area (TPSA) is 123 Å². The number of hydrogen-bond acceptors (Lipinski definition) is 7. The van der Waals surface area contributed by atoms with Crippen LogP contribution in [0.5, 0.6) is 11.5 Å². The summed E-state index contributed by atoms with van der Waals surface area (Å²) >= 11 is 0. The lowest BCUT2D eigenvalue weighted by Crippen LogP contribution is -2.34. The molecule has 0 saturated heterocycles. The van der Waals surface area contributed by atoms with Gasteiger partial charge in [0.1, 0.15) is 30.3 Å². The molecule has 0 aliphatic heterocycles. The van der Waals surface area contributed by atoms with E-state index in [-0.39, 0.29) is 56.1 Å². The van der Waals surface area contributed by atoms with Crippen LogP contribution < -0.4 is 20.5 Å². The lowest BCUT2D eigenvalue weighted by Gasteiger charge is -2.20. The third-order valence-corrected chi connectivity index (χ3v) is 5.29. The van der Waals surface area contributed by atoms with E-state index in [0.29, 0.717) is 40.9 Å². The zero-order chi connectivity index (χ0) is 32.6. The predicted octanol–water partition coefficient (Wildman–Crippen LogP) is 5.15. The molecule has 0 aromatic heterocycles. The molecule has 0 saturated carbocycles. The highest BCUT2D eigenvalue weighted by atomic mass is 35.5. The van der Waals surface area contributed by atoms with Gasteiger partial charge in [-0.25, -0.2) is 13.6 Å². The molecule has 3 amide bonds. The highest BCUT2D eigenvalue weighted by molar-refractivity contribution is 5.94. The molecular formula is C31H43ClF2N4O6. The Kier molecular flexibility index (Phi) is 18.0. The Hall–Kier alpha value is -4.16. The first-order valence-electron chi connectivity index (χ1n) is 13.3. The van der Waals surface area contributed by atoms with Crippen molar-refractivity contribution in [1.82, 2.24) is 15.1 Å². The number of nitrogens with zero attached hydrogens (tertiary/aromatic N) is 2. The lowest BCUT2D eigenvalue weighted by molar-refractivity contribution is 0.0531. The number of nitrogens with two attached hydrogens (primary N) is 1. The zero-order valence-electron chi connectivity index (χ0n) is 26.2. The van der Waals surface area contributed by atoms with Gasteiger partial charge < -0.3 is 35.1 Å². The predicted molar refractivity (Wildman–Crippen MR) is 169 cm³/mol. The van der Waals surface area contributed by atoms with Gasteiger partial charge in [-0.1, -0.05) is 0 Å². The van der Waals surface area contributed by atoms with Crippen LogP contribution in [-0.4, -0.2) is 87.8 Å². The van der Waals surface area contributed by atoms with Gasteiger partial charge in [-0.2, -0.15) is 0 Å². The molecule has 0 aliphatic carbocycles. The Morgan fingerprint density at radius 3 is 1.48 bits per heavy atom. The van der Waals surface area contributed by atoms with E-state index in [1.165, 1.54) is 9.80 Å². The standard InChI is InChI=1S/C18H25FN2O4.C13H17FN2O2.ClH/c1-18(2,3)25-17(23)20-11-13(10-19)12-24-15-8-6-14(7-9-15)16(22)21(4)5;1-16(2)13(17)11-3-5-12(6-4-11)18-9-10(7-14)8-15;/h6-10H,11-12H2,1-5H3,(H,20,23);3-7H,8-9,15H2,1-2H3;1H/b13-10-;10-7-;. The van der Waals surface area contributed by atoms with Gasteiger partial charge in [0, 0.05) is 63.6 Å². The third kappa shape index (κ3) is 15.4. The van der Waals surface area contributed by atoms with E-state index in [2.05, 4.69) is 5.32 Å². The number of halogens is 3. The Bertz CT molecular complexity index is 1250. The second kappa shape index (κ2) is 19.9. The third-order valence-electron chi connectivity index (χ3n) is 5.29. The molecule has 0 heterocycles. The van der Waals surface area contributed by atoms with Gasteiger partial charge in [0.05, 0.1) is 12.7 Å². The molecule has 2 aromatic rings. The fraction of sp³-hybridized carbons (Fsp3) is 0.387. The largest absolute Gasteiger partial charge is 0.489 e. The van der Waals surface area contributed by atoms with Gasteiger partial charge in [0.2, 0.25) is 0 Å². The van der Waals surface area contributed by atoms with Gasteiger partial charge in [-0.05, 0) is 69.3 Å². The lowest BCUT2D eigenvalue weighted by atomic mass is 10.2. The number of rotatable bonds is 11. The second-order valence-corrected chi connectivity index (χ2v) is 10.6. The van der Waals surface area contributed by atoms with Crippen LogP contribution in [0.15, 0.2) is 72.3 Å². The second-order valence-electron chi connectivity index (χ2n) is 10.6. The first kappa shape index (κ1) is 39.8. The van der Waals surface area contributed by atoms with E-state index in [9.17, 15) is 23.2 Å². The maximum absolute atomic E-state index is 12.9. The fourth-order valence-electron chi connectivity index (χ4n) is 3.01. The minimum absolute atomic E-state index is 0. The number of hydrogen-bond donors (Lipinski definition) is 2. The molecule has 0 atom stereocenters. The number of carbonyl (C=O) groups excluding carboxylic acids is 3. The summed E-state index contributed by atoms with van der Waals surface area (Å²) < 4.78 is 41.0. The van der Waals surface area contributed by atoms with Gasteiger partial charge in [-0.3, -0.25) is 9.59 Å². The molecular weight excluding hydrogens is 598 g/mol. The maximum Gasteiger partial charge on any atom is 0.407 e. The Morgan fingerprint density at radius 2 is 1.16 bits per heavy atom. The molecule has 0 unspecified atom stereocenters. The zero-order valence-corrected chi connectivity index (χ0v) is 27.0. The minimum atomic E-state index is -0.626. The molecule has 0 aliphatic rings. The number of ether oxygens (including phenoxy) is 3. The summed E-state index contributed by atoms with van der Waals surface area (Å²) in [4.78, 5) is 37.9. The molecule has 3 N–H and O–H groups in total. The molecule has 13 heteroatoms. The van der Waals surface area contributed by atoms with Crippen molar-refractivity contribution in [3.8, 4) is 11.5 Å². The van der Waals surface area contributed by atoms with Crippen molar-refractivity contribution in [2.45, 2.75) is 26.4 Å². The van der Waals surface area contributed by atoms with Crippen molar-refractivity contribution in [3.05, 3.63) is 83.5 Å². The number of alkyl carbamates (subject to hydrolysis) is 1. The van der Waals surface area contributed by atoms with E-state index in [4.69, 9.17) is 19.9 Å². The number of amides is 3. The summed E-state index contributed by atoms with van der Waals surface area (Å²) in [5.41, 5.74) is 6.42. The van der Waals surface area contributed by atoms with Crippen LogP contribution in [0.25, 0.3) is 0 Å². The Balaban J connectivity index is 0.000000863. The van der Waals surface area contributed by atoms with Gasteiger partial charge in [-0.15, -0.1) is 12.4 Å². The minimum Gasteiger partial charge on any atom is -0.489 e. The van der Waals surface area contributed by atoms with Crippen molar-refractivity contribution in [2.24, 2.45) is 5.73 Å². The quantitative estimate of drug-likeness (QED) is 0.348. The van der Waals surface area contributed by atoms with E-state index in [1.807, 2.05) is 0 Å². The number of benzene rings is 2. The van der Waals surface area contributed by atoms with E-state index in [0.717, 1.165) is 0 Å². The molecule has 2 aromatic carbocycles. The number of nitrogens with one attached hydrogen (secondary N) is 1. The van der Waals surface area contributed by atoms with Gasteiger partial charge >= 0.3 is 6.09 Å². The first-order chi connectivity index (χ1) is 20.2. The molecule has 0 fully saturated rings. The smallest absolute Gasteiger partial charge is 0.407 e. The maximum atomic E-state index is 12.9. The summed E-state index contributed by atoms with van der Waals surface area (Å²) in [5.74, 6) is 0.871. The normalized spacial score (nSPS) is 11.2. The van der Waals surface area contributed by atoms with Crippen LogP contribution in [-0.2, 0) is 4.74 Å². The van der Waals surface area contributed by atoms with Crippen LogP contribution in [0.4, 0.5) is 13.6 Å². The molecule has 2 rings (SSSR count).